The number of ether oxygens (including phenoxy) is 2. The van der Waals surface area contributed by atoms with E-state index in [0.29, 0.717) is 18.7 Å². The van der Waals surface area contributed by atoms with Crippen LogP contribution in [0.15, 0.2) is 42.5 Å². The molecule has 0 saturated heterocycles. The number of aryl methyl sites for hydroxylation is 1. The van der Waals surface area contributed by atoms with Crippen molar-refractivity contribution in [2.24, 2.45) is 0 Å². The van der Waals surface area contributed by atoms with Crippen LogP contribution in [0.5, 0.6) is 11.5 Å². The summed E-state index contributed by atoms with van der Waals surface area (Å²) in [6, 6.07) is 12.2. The number of nitrogens with zero attached hydrogens (tertiary/aromatic N) is 1. The minimum absolute atomic E-state index is 0.0481. The Labute approximate surface area is 153 Å². The molecule has 0 saturated carbocycles. The van der Waals surface area contributed by atoms with Gasteiger partial charge in [0.25, 0.3) is 5.91 Å². The van der Waals surface area contributed by atoms with E-state index >= 15 is 0 Å². The van der Waals surface area contributed by atoms with Gasteiger partial charge in [-0.15, -0.1) is 0 Å². The molecule has 0 aromatic heterocycles. The summed E-state index contributed by atoms with van der Waals surface area (Å²) >= 11 is 0. The lowest BCUT2D eigenvalue weighted by Gasteiger charge is -2.17. The van der Waals surface area contributed by atoms with Crippen molar-refractivity contribution >= 4 is 11.9 Å². The lowest BCUT2D eigenvalue weighted by Crippen LogP contribution is -2.30. The summed E-state index contributed by atoms with van der Waals surface area (Å²) in [6.45, 7) is 4.19. The zero-order valence-corrected chi connectivity index (χ0v) is 15.2. The van der Waals surface area contributed by atoms with E-state index in [1.54, 1.807) is 26.1 Å². The standard InChI is InChI=1S/C20H23NO5/c1-4-25-16-10-8-15(9-11-16)12-21(3)18(22)13-26-20(24)17-7-5-6-14(2)19(17)23/h5-11,23H,4,12-13H2,1-3H3. The van der Waals surface area contributed by atoms with Gasteiger partial charge in [-0.1, -0.05) is 24.3 Å². The van der Waals surface area contributed by atoms with Crippen molar-refractivity contribution in [1.29, 1.82) is 0 Å². The molecule has 2 rings (SSSR count). The van der Waals surface area contributed by atoms with Gasteiger partial charge in [0.15, 0.2) is 6.61 Å². The third kappa shape index (κ3) is 4.99. The number of para-hydroxylation sites is 1. The zero-order valence-electron chi connectivity index (χ0n) is 15.2. The molecule has 0 aliphatic heterocycles. The molecule has 0 radical (unpaired) electrons. The Balaban J connectivity index is 1.88. The van der Waals surface area contributed by atoms with Gasteiger partial charge in [0, 0.05) is 13.6 Å². The number of aromatic hydroxyl groups is 1. The SMILES string of the molecule is CCOc1ccc(CN(C)C(=O)COC(=O)c2cccc(C)c2O)cc1. The van der Waals surface area contributed by atoms with Crippen LogP contribution < -0.4 is 4.74 Å². The second-order valence-corrected chi connectivity index (χ2v) is 5.87. The van der Waals surface area contributed by atoms with Crippen molar-refractivity contribution in [1.82, 2.24) is 4.90 Å². The van der Waals surface area contributed by atoms with Crippen LogP contribution in [0.3, 0.4) is 0 Å². The van der Waals surface area contributed by atoms with Gasteiger partial charge in [-0.2, -0.15) is 0 Å². The number of phenols is 1. The van der Waals surface area contributed by atoms with Crippen molar-refractivity contribution in [3.05, 3.63) is 59.2 Å². The molecule has 0 unspecified atom stereocenters. The average Bonchev–Trinajstić information content (AvgIpc) is 2.63. The monoisotopic (exact) mass is 357 g/mol. The third-order valence-corrected chi connectivity index (χ3v) is 3.86. The molecule has 0 aliphatic rings. The highest BCUT2D eigenvalue weighted by molar-refractivity contribution is 5.94. The van der Waals surface area contributed by atoms with E-state index in [0.717, 1.165) is 11.3 Å². The Bertz CT molecular complexity index is 770. The first-order valence-corrected chi connectivity index (χ1v) is 8.33. The molecular weight excluding hydrogens is 334 g/mol. The maximum Gasteiger partial charge on any atom is 0.342 e. The Morgan fingerprint density at radius 1 is 1.12 bits per heavy atom. The molecule has 6 heteroatoms. The van der Waals surface area contributed by atoms with Crippen LogP contribution >= 0.6 is 0 Å². The zero-order chi connectivity index (χ0) is 19.1. The number of carbonyl (C=O) groups excluding carboxylic acids is 2. The molecule has 0 bridgehead atoms. The minimum Gasteiger partial charge on any atom is -0.507 e. The average molecular weight is 357 g/mol. The fraction of sp³-hybridized carbons (Fsp3) is 0.300. The fourth-order valence-electron chi connectivity index (χ4n) is 2.36. The third-order valence-electron chi connectivity index (χ3n) is 3.86. The number of esters is 1. The first kappa shape index (κ1) is 19.3. The molecule has 26 heavy (non-hydrogen) atoms. The Morgan fingerprint density at radius 2 is 1.81 bits per heavy atom. The van der Waals surface area contributed by atoms with Gasteiger partial charge in [-0.05, 0) is 43.2 Å². The van der Waals surface area contributed by atoms with Gasteiger partial charge in [0.1, 0.15) is 17.1 Å². The van der Waals surface area contributed by atoms with Gasteiger partial charge < -0.3 is 19.5 Å². The first-order valence-electron chi connectivity index (χ1n) is 8.33. The van der Waals surface area contributed by atoms with E-state index in [4.69, 9.17) is 9.47 Å². The second-order valence-electron chi connectivity index (χ2n) is 5.87. The number of hydrogen-bond acceptors (Lipinski definition) is 5. The van der Waals surface area contributed by atoms with Crippen molar-refractivity contribution in [3.8, 4) is 11.5 Å². The van der Waals surface area contributed by atoms with Crippen LogP contribution in [0, 0.1) is 6.92 Å². The molecule has 0 fully saturated rings. The van der Waals surface area contributed by atoms with Crippen LogP contribution in [0.25, 0.3) is 0 Å². The summed E-state index contributed by atoms with van der Waals surface area (Å²) in [7, 11) is 1.64. The van der Waals surface area contributed by atoms with Gasteiger partial charge in [0.05, 0.1) is 6.61 Å². The predicted molar refractivity (Wildman–Crippen MR) is 97.2 cm³/mol. The van der Waals surface area contributed by atoms with Crippen molar-refractivity contribution in [2.45, 2.75) is 20.4 Å². The number of phenolic OH excluding ortho intramolecular Hbond substituents is 1. The van der Waals surface area contributed by atoms with Crippen LogP contribution in [0.1, 0.15) is 28.4 Å². The summed E-state index contributed by atoms with van der Waals surface area (Å²) in [4.78, 5) is 25.7. The Kier molecular flexibility index (Phi) is 6.60. The van der Waals surface area contributed by atoms with E-state index in [1.165, 1.54) is 11.0 Å². The summed E-state index contributed by atoms with van der Waals surface area (Å²) in [5, 5.41) is 9.89. The highest BCUT2D eigenvalue weighted by Gasteiger charge is 2.17. The highest BCUT2D eigenvalue weighted by atomic mass is 16.5. The Hall–Kier alpha value is -3.02. The molecule has 2 aromatic carbocycles. The number of benzene rings is 2. The van der Waals surface area contributed by atoms with Gasteiger partial charge in [0.2, 0.25) is 0 Å². The minimum atomic E-state index is -0.728. The van der Waals surface area contributed by atoms with E-state index in [2.05, 4.69) is 0 Å². The van der Waals surface area contributed by atoms with Crippen LogP contribution in [-0.2, 0) is 16.1 Å². The fourth-order valence-corrected chi connectivity index (χ4v) is 2.36. The van der Waals surface area contributed by atoms with Crippen LogP contribution in [0.4, 0.5) is 0 Å². The summed E-state index contributed by atoms with van der Waals surface area (Å²) in [5.74, 6) is -0.418. The van der Waals surface area contributed by atoms with Crippen LogP contribution in [-0.4, -0.2) is 42.1 Å². The first-order chi connectivity index (χ1) is 12.4. The molecule has 0 spiro atoms. The largest absolute Gasteiger partial charge is 0.507 e. The number of likely N-dealkylation sites (N-methyl/N-ethyl adjacent to an activating group) is 1. The van der Waals surface area contributed by atoms with Crippen LogP contribution in [0.2, 0.25) is 0 Å². The van der Waals surface area contributed by atoms with E-state index in [-0.39, 0.29) is 23.8 Å². The normalized spacial score (nSPS) is 10.3. The summed E-state index contributed by atoms with van der Waals surface area (Å²) < 4.78 is 10.4. The predicted octanol–water partition coefficient (Wildman–Crippen LogP) is 2.91. The summed E-state index contributed by atoms with van der Waals surface area (Å²) in [6.07, 6.45) is 0. The molecular formula is C20H23NO5. The van der Waals surface area contributed by atoms with E-state index < -0.39 is 5.97 Å². The number of carbonyl (C=O) groups is 2. The summed E-state index contributed by atoms with van der Waals surface area (Å²) in [5.41, 5.74) is 1.55. The molecule has 0 aliphatic carbocycles. The molecule has 1 N–H and O–H groups in total. The lowest BCUT2D eigenvalue weighted by molar-refractivity contribution is -0.133. The number of rotatable bonds is 7. The number of hydrogen-bond donors (Lipinski definition) is 1. The smallest absolute Gasteiger partial charge is 0.342 e. The van der Waals surface area contributed by atoms with Gasteiger partial charge in [-0.3, -0.25) is 4.79 Å². The van der Waals surface area contributed by atoms with Gasteiger partial charge >= 0.3 is 5.97 Å². The van der Waals surface area contributed by atoms with Crippen molar-refractivity contribution in [3.63, 3.8) is 0 Å². The molecule has 0 heterocycles. The van der Waals surface area contributed by atoms with Crippen molar-refractivity contribution in [2.75, 3.05) is 20.3 Å². The van der Waals surface area contributed by atoms with Crippen molar-refractivity contribution < 1.29 is 24.2 Å². The highest BCUT2D eigenvalue weighted by Crippen LogP contribution is 2.22. The topological polar surface area (TPSA) is 76.1 Å². The second kappa shape index (κ2) is 8.89. The maximum atomic E-state index is 12.2. The number of amides is 1. The van der Waals surface area contributed by atoms with E-state index in [9.17, 15) is 14.7 Å². The quantitative estimate of drug-likeness (QED) is 0.771. The van der Waals surface area contributed by atoms with E-state index in [1.807, 2.05) is 31.2 Å². The van der Waals surface area contributed by atoms with Gasteiger partial charge in [-0.25, -0.2) is 4.79 Å². The maximum absolute atomic E-state index is 12.2. The molecule has 2 aromatic rings. The molecule has 6 nitrogen and oxygen atoms in total. The molecule has 0 atom stereocenters. The lowest BCUT2D eigenvalue weighted by atomic mass is 10.1. The molecule has 1 amide bonds. The molecule has 138 valence electrons. The Morgan fingerprint density at radius 3 is 2.46 bits per heavy atom.